The number of amides is 2. The van der Waals surface area contributed by atoms with Crippen LogP contribution in [-0.4, -0.2) is 11.8 Å². The van der Waals surface area contributed by atoms with E-state index in [1.807, 2.05) is 0 Å². The lowest BCUT2D eigenvalue weighted by Crippen LogP contribution is -2.20. The van der Waals surface area contributed by atoms with Gasteiger partial charge in [-0.2, -0.15) is 0 Å². The summed E-state index contributed by atoms with van der Waals surface area (Å²) >= 11 is 0. The fraction of sp³-hybridized carbons (Fsp3) is 0.529. The molecule has 1 aromatic carbocycles. The number of fused-ring (bicyclic) bond motifs is 1. The first-order valence-corrected chi connectivity index (χ1v) is 7.85. The summed E-state index contributed by atoms with van der Waals surface area (Å²) in [6.45, 7) is 0. The van der Waals surface area contributed by atoms with Crippen LogP contribution in [0.5, 0.6) is 0 Å². The highest BCUT2D eigenvalue weighted by atomic mass is 16.1. The van der Waals surface area contributed by atoms with Gasteiger partial charge in [0.2, 0.25) is 11.8 Å². The van der Waals surface area contributed by atoms with Gasteiger partial charge in [0, 0.05) is 11.1 Å². The summed E-state index contributed by atoms with van der Waals surface area (Å²) in [6, 6.07) is 3.31. The minimum Gasteiger partial charge on any atom is -0.366 e. The number of hydrogen-bond acceptors (Lipinski definition) is 2. The average Bonchev–Trinajstić information content (AvgIpc) is 2.49. The fourth-order valence-corrected chi connectivity index (χ4v) is 3.21. The van der Waals surface area contributed by atoms with Crippen molar-refractivity contribution in [3.8, 4) is 0 Å². The Kier molecular flexibility index (Phi) is 5.37. The summed E-state index contributed by atoms with van der Waals surface area (Å²) in [5.74, 6) is -0.839. The van der Waals surface area contributed by atoms with Gasteiger partial charge in [-0.15, -0.1) is 0 Å². The number of carbonyl (C=O) groups is 2. The molecule has 1 aromatic rings. The summed E-state index contributed by atoms with van der Waals surface area (Å²) in [4.78, 5) is 23.4. The molecule has 2 amide bonds. The molecular formula is C17H24N2O2. The highest BCUT2D eigenvalue weighted by Crippen LogP contribution is 2.25. The summed E-state index contributed by atoms with van der Waals surface area (Å²) in [6.07, 6.45) is 9.68. The summed E-state index contributed by atoms with van der Waals surface area (Å²) < 4.78 is 0. The molecule has 0 bridgehead atoms. The van der Waals surface area contributed by atoms with Gasteiger partial charge in [-0.3, -0.25) is 9.59 Å². The first-order chi connectivity index (χ1) is 10.1. The monoisotopic (exact) mass is 288 g/mol. The molecule has 4 heteroatoms. The lowest BCUT2D eigenvalue weighted by Gasteiger charge is -2.16. The topological polar surface area (TPSA) is 86.2 Å². The van der Waals surface area contributed by atoms with E-state index >= 15 is 0 Å². The fourth-order valence-electron chi connectivity index (χ4n) is 3.21. The normalized spacial score (nSPS) is 16.6. The standard InChI is InChI=1S/C17H24N2O2/c18-16(20)14-10-11-15(17(19)21)13-9-7-5-3-1-2-4-6-8-12(13)14/h10-11H,1-9H2,(H2,18,20)(H2,19,21). The van der Waals surface area contributed by atoms with Crippen molar-refractivity contribution in [3.05, 3.63) is 34.4 Å². The van der Waals surface area contributed by atoms with E-state index in [0.29, 0.717) is 11.1 Å². The molecule has 0 aliphatic heterocycles. The van der Waals surface area contributed by atoms with Crippen LogP contribution in [0.2, 0.25) is 0 Å². The van der Waals surface area contributed by atoms with E-state index in [9.17, 15) is 9.59 Å². The smallest absolute Gasteiger partial charge is 0.248 e. The van der Waals surface area contributed by atoms with Crippen molar-refractivity contribution in [3.63, 3.8) is 0 Å². The molecule has 0 saturated heterocycles. The molecule has 0 unspecified atom stereocenters. The van der Waals surface area contributed by atoms with E-state index in [2.05, 4.69) is 0 Å². The first kappa shape index (κ1) is 15.5. The van der Waals surface area contributed by atoms with Gasteiger partial charge in [0.15, 0.2) is 0 Å². The predicted octanol–water partition coefficient (Wildman–Crippen LogP) is 2.71. The maximum absolute atomic E-state index is 11.7. The van der Waals surface area contributed by atoms with Gasteiger partial charge >= 0.3 is 0 Å². The van der Waals surface area contributed by atoms with Gasteiger partial charge in [-0.05, 0) is 48.9 Å². The van der Waals surface area contributed by atoms with Gasteiger partial charge in [0.05, 0.1) is 0 Å². The zero-order chi connectivity index (χ0) is 15.2. The van der Waals surface area contributed by atoms with Gasteiger partial charge < -0.3 is 11.5 Å². The van der Waals surface area contributed by atoms with Crippen molar-refractivity contribution in [2.45, 2.75) is 57.8 Å². The van der Waals surface area contributed by atoms with Crippen LogP contribution in [0.3, 0.4) is 0 Å². The van der Waals surface area contributed by atoms with Crippen LogP contribution < -0.4 is 11.5 Å². The van der Waals surface area contributed by atoms with Crippen LogP contribution in [0.1, 0.15) is 76.8 Å². The van der Waals surface area contributed by atoms with Gasteiger partial charge in [-0.1, -0.05) is 32.1 Å². The minimum absolute atomic E-state index is 0.419. The van der Waals surface area contributed by atoms with Gasteiger partial charge in [0.1, 0.15) is 0 Å². The Balaban J connectivity index is 2.46. The molecule has 0 saturated carbocycles. The van der Waals surface area contributed by atoms with Gasteiger partial charge in [-0.25, -0.2) is 0 Å². The lowest BCUT2D eigenvalue weighted by atomic mass is 9.89. The van der Waals surface area contributed by atoms with Crippen LogP contribution >= 0.6 is 0 Å². The Hall–Kier alpha value is -1.84. The van der Waals surface area contributed by atoms with Crippen LogP contribution in [0.25, 0.3) is 0 Å². The maximum atomic E-state index is 11.7. The van der Waals surface area contributed by atoms with E-state index in [1.54, 1.807) is 12.1 Å². The van der Waals surface area contributed by atoms with Crippen LogP contribution in [0, 0.1) is 0 Å². The Morgan fingerprint density at radius 3 is 1.33 bits per heavy atom. The molecule has 114 valence electrons. The second kappa shape index (κ2) is 7.25. The predicted molar refractivity (Wildman–Crippen MR) is 83.2 cm³/mol. The minimum atomic E-state index is -0.419. The molecular weight excluding hydrogens is 264 g/mol. The molecule has 4 nitrogen and oxygen atoms in total. The van der Waals surface area contributed by atoms with Crippen molar-refractivity contribution in [1.82, 2.24) is 0 Å². The highest BCUT2D eigenvalue weighted by molar-refractivity contribution is 5.99. The maximum Gasteiger partial charge on any atom is 0.248 e. The highest BCUT2D eigenvalue weighted by Gasteiger charge is 2.18. The van der Waals surface area contributed by atoms with Crippen molar-refractivity contribution >= 4 is 11.8 Å². The lowest BCUT2D eigenvalue weighted by molar-refractivity contribution is 0.0986. The molecule has 1 aliphatic rings. The van der Waals surface area contributed by atoms with E-state index in [4.69, 9.17) is 11.5 Å². The van der Waals surface area contributed by atoms with Crippen molar-refractivity contribution in [1.29, 1.82) is 0 Å². The van der Waals surface area contributed by atoms with E-state index in [-0.39, 0.29) is 0 Å². The number of nitrogens with two attached hydrogens (primary N) is 2. The molecule has 0 atom stereocenters. The summed E-state index contributed by atoms with van der Waals surface area (Å²) in [5.41, 5.74) is 14.0. The SMILES string of the molecule is NC(=O)c1ccc(C(N)=O)c2c1CCCCCCCCC2. The molecule has 21 heavy (non-hydrogen) atoms. The largest absolute Gasteiger partial charge is 0.366 e. The third-order valence-corrected chi connectivity index (χ3v) is 4.32. The van der Waals surface area contributed by atoms with E-state index in [0.717, 1.165) is 49.7 Å². The van der Waals surface area contributed by atoms with Crippen LogP contribution in [-0.2, 0) is 12.8 Å². The van der Waals surface area contributed by atoms with Crippen LogP contribution in [0.4, 0.5) is 0 Å². The quantitative estimate of drug-likeness (QED) is 0.876. The molecule has 0 heterocycles. The number of benzene rings is 1. The average molecular weight is 288 g/mol. The first-order valence-electron chi connectivity index (χ1n) is 7.85. The third-order valence-electron chi connectivity index (χ3n) is 4.32. The number of rotatable bonds is 2. The van der Waals surface area contributed by atoms with Crippen LogP contribution in [0.15, 0.2) is 12.1 Å². The van der Waals surface area contributed by atoms with E-state index in [1.165, 1.54) is 19.3 Å². The Bertz CT molecular complexity index is 491. The molecule has 4 N–H and O–H groups in total. The molecule has 0 fully saturated rings. The molecule has 2 rings (SSSR count). The second-order valence-electron chi connectivity index (χ2n) is 5.82. The van der Waals surface area contributed by atoms with Crippen molar-refractivity contribution in [2.24, 2.45) is 11.5 Å². The molecule has 0 spiro atoms. The Morgan fingerprint density at radius 1 is 0.667 bits per heavy atom. The molecule has 0 aromatic heterocycles. The Morgan fingerprint density at radius 2 is 1.00 bits per heavy atom. The zero-order valence-corrected chi connectivity index (χ0v) is 12.5. The summed E-state index contributed by atoms with van der Waals surface area (Å²) in [7, 11) is 0. The molecule has 1 aliphatic carbocycles. The third kappa shape index (κ3) is 3.84. The van der Waals surface area contributed by atoms with E-state index < -0.39 is 11.8 Å². The van der Waals surface area contributed by atoms with Crippen molar-refractivity contribution < 1.29 is 9.59 Å². The second-order valence-corrected chi connectivity index (χ2v) is 5.82. The Labute approximate surface area is 125 Å². The summed E-state index contributed by atoms with van der Waals surface area (Å²) in [5, 5.41) is 0. The van der Waals surface area contributed by atoms with Gasteiger partial charge in [0.25, 0.3) is 0 Å². The number of carbonyl (C=O) groups excluding carboxylic acids is 2. The number of primary amides is 2. The number of hydrogen-bond donors (Lipinski definition) is 2. The zero-order valence-electron chi connectivity index (χ0n) is 12.5. The van der Waals surface area contributed by atoms with Crippen molar-refractivity contribution in [2.75, 3.05) is 0 Å². The molecule has 0 radical (unpaired) electrons.